The first-order valence-corrected chi connectivity index (χ1v) is 13.7. The standard InChI is InChI=1S/C27H38O18/c1-11(28)36-9-18-21(39-14(4)31)23(24(41-16(6)33)26(35-8)43-18)45-27-25(42-17(7)34)22(40-15(5)32)20(38-13(3)30)19(44-27)10-37-12(2)29/h18-27H,9-10H2,1-8H3/t18-,19-,20-,21-,22+,23+,24-,25-,26+,27+/m1/s1. The lowest BCUT2D eigenvalue weighted by molar-refractivity contribution is -0.360. The average molecular weight is 651 g/mol. The number of carbonyl (C=O) groups is 7. The van der Waals surface area contributed by atoms with Crippen LogP contribution in [-0.2, 0) is 85.7 Å². The Morgan fingerprint density at radius 3 is 1.16 bits per heavy atom. The third kappa shape index (κ3) is 11.2. The van der Waals surface area contributed by atoms with Gasteiger partial charge in [-0.2, -0.15) is 0 Å². The van der Waals surface area contributed by atoms with E-state index in [0.717, 1.165) is 48.5 Å². The zero-order chi connectivity index (χ0) is 34.0. The van der Waals surface area contributed by atoms with Crippen LogP contribution in [0.25, 0.3) is 0 Å². The highest BCUT2D eigenvalue weighted by molar-refractivity contribution is 5.69. The van der Waals surface area contributed by atoms with E-state index in [1.807, 2.05) is 0 Å². The van der Waals surface area contributed by atoms with Crippen LogP contribution in [0.5, 0.6) is 0 Å². The predicted octanol–water partition coefficient (Wildman–Crippen LogP) is -0.747. The maximum atomic E-state index is 12.2. The second-order valence-corrected chi connectivity index (χ2v) is 9.90. The summed E-state index contributed by atoms with van der Waals surface area (Å²) >= 11 is 0. The number of methoxy groups -OCH3 is 1. The molecule has 18 nitrogen and oxygen atoms in total. The second-order valence-electron chi connectivity index (χ2n) is 9.90. The first kappa shape index (κ1) is 37.3. The van der Waals surface area contributed by atoms with Gasteiger partial charge in [-0.3, -0.25) is 33.6 Å². The highest BCUT2D eigenvalue weighted by Crippen LogP contribution is 2.35. The average Bonchev–Trinajstić information content (AvgIpc) is 2.90. The van der Waals surface area contributed by atoms with E-state index >= 15 is 0 Å². The van der Waals surface area contributed by atoms with Gasteiger partial charge in [0.05, 0.1) is 0 Å². The van der Waals surface area contributed by atoms with Gasteiger partial charge in [0, 0.05) is 55.6 Å². The summed E-state index contributed by atoms with van der Waals surface area (Å²) in [5.41, 5.74) is 0. The van der Waals surface area contributed by atoms with Crippen molar-refractivity contribution in [3.05, 3.63) is 0 Å². The summed E-state index contributed by atoms with van der Waals surface area (Å²) in [5, 5.41) is 0. The topological polar surface area (TPSA) is 221 Å². The molecule has 2 aliphatic rings. The molecule has 0 aromatic carbocycles. The minimum atomic E-state index is -1.77. The van der Waals surface area contributed by atoms with Crippen molar-refractivity contribution in [2.24, 2.45) is 0 Å². The van der Waals surface area contributed by atoms with Crippen molar-refractivity contribution in [2.75, 3.05) is 20.3 Å². The van der Waals surface area contributed by atoms with E-state index in [9.17, 15) is 33.6 Å². The molecule has 0 aromatic heterocycles. The van der Waals surface area contributed by atoms with E-state index in [4.69, 9.17) is 52.1 Å². The molecule has 10 atom stereocenters. The monoisotopic (exact) mass is 650 g/mol. The van der Waals surface area contributed by atoms with Crippen molar-refractivity contribution in [1.29, 1.82) is 0 Å². The zero-order valence-corrected chi connectivity index (χ0v) is 26.0. The van der Waals surface area contributed by atoms with Crippen molar-refractivity contribution in [1.82, 2.24) is 0 Å². The van der Waals surface area contributed by atoms with Crippen LogP contribution in [0.3, 0.4) is 0 Å². The number of rotatable bonds is 12. The first-order valence-electron chi connectivity index (χ1n) is 13.7. The summed E-state index contributed by atoms with van der Waals surface area (Å²) in [5.74, 6) is -5.76. The summed E-state index contributed by atoms with van der Waals surface area (Å²) in [6, 6.07) is 0. The Balaban J connectivity index is 2.70. The fraction of sp³-hybridized carbons (Fsp3) is 0.741. The Labute approximate surface area is 258 Å². The molecule has 18 heteroatoms. The van der Waals surface area contributed by atoms with Gasteiger partial charge in [0.25, 0.3) is 0 Å². The van der Waals surface area contributed by atoms with Gasteiger partial charge in [-0.25, -0.2) is 0 Å². The smallest absolute Gasteiger partial charge is 0.303 e. The maximum Gasteiger partial charge on any atom is 0.303 e. The van der Waals surface area contributed by atoms with Crippen LogP contribution >= 0.6 is 0 Å². The number of ether oxygens (including phenoxy) is 11. The van der Waals surface area contributed by atoms with Crippen LogP contribution in [0.1, 0.15) is 48.5 Å². The molecular formula is C27H38O18. The summed E-state index contributed by atoms with van der Waals surface area (Å²) in [4.78, 5) is 84.1. The molecule has 2 saturated heterocycles. The molecule has 254 valence electrons. The Morgan fingerprint density at radius 2 is 0.778 bits per heavy atom. The fourth-order valence-electron chi connectivity index (χ4n) is 4.66. The molecule has 0 saturated carbocycles. The number of esters is 7. The molecule has 2 rings (SSSR count). The van der Waals surface area contributed by atoms with Gasteiger partial charge in [0.15, 0.2) is 43.1 Å². The van der Waals surface area contributed by atoms with Crippen molar-refractivity contribution >= 4 is 41.8 Å². The molecule has 0 bridgehead atoms. The summed E-state index contributed by atoms with van der Waals surface area (Å²) in [6.07, 6.45) is -15.1. The van der Waals surface area contributed by atoms with E-state index < -0.39 is 116 Å². The van der Waals surface area contributed by atoms with E-state index in [-0.39, 0.29) is 0 Å². The van der Waals surface area contributed by atoms with Crippen molar-refractivity contribution in [3.63, 3.8) is 0 Å². The Hall–Kier alpha value is -3.87. The molecule has 0 amide bonds. The Kier molecular flexibility index (Phi) is 14.1. The molecule has 2 aliphatic heterocycles. The van der Waals surface area contributed by atoms with E-state index in [2.05, 4.69) is 0 Å². The fourth-order valence-corrected chi connectivity index (χ4v) is 4.66. The van der Waals surface area contributed by atoms with Crippen LogP contribution in [0, 0.1) is 0 Å². The third-order valence-corrected chi connectivity index (χ3v) is 6.12. The van der Waals surface area contributed by atoms with Gasteiger partial charge in [0.2, 0.25) is 0 Å². The summed E-state index contributed by atoms with van der Waals surface area (Å²) in [6.45, 7) is 6.47. The van der Waals surface area contributed by atoms with E-state index in [0.29, 0.717) is 0 Å². The van der Waals surface area contributed by atoms with Crippen LogP contribution in [0.2, 0.25) is 0 Å². The minimum Gasteiger partial charge on any atom is -0.463 e. The molecule has 0 unspecified atom stereocenters. The van der Waals surface area contributed by atoms with Gasteiger partial charge in [-0.15, -0.1) is 0 Å². The van der Waals surface area contributed by atoms with Crippen LogP contribution in [0.4, 0.5) is 0 Å². The molecule has 0 radical (unpaired) electrons. The summed E-state index contributed by atoms with van der Waals surface area (Å²) < 4.78 is 60.6. The lowest BCUT2D eigenvalue weighted by atomic mass is 9.96. The van der Waals surface area contributed by atoms with E-state index in [1.54, 1.807) is 0 Å². The van der Waals surface area contributed by atoms with Crippen molar-refractivity contribution < 1.29 is 85.7 Å². The van der Waals surface area contributed by atoms with Gasteiger partial charge < -0.3 is 52.1 Å². The molecule has 0 aromatic rings. The van der Waals surface area contributed by atoms with Crippen molar-refractivity contribution in [2.45, 2.75) is 110 Å². The lowest BCUT2D eigenvalue weighted by Crippen LogP contribution is -2.67. The maximum absolute atomic E-state index is 12.2. The number of hydrogen-bond acceptors (Lipinski definition) is 18. The quantitative estimate of drug-likeness (QED) is 0.187. The van der Waals surface area contributed by atoms with Gasteiger partial charge in [-0.05, 0) is 0 Å². The van der Waals surface area contributed by atoms with Gasteiger partial charge >= 0.3 is 41.8 Å². The highest BCUT2D eigenvalue weighted by Gasteiger charge is 2.57. The highest BCUT2D eigenvalue weighted by atomic mass is 16.8. The first-order chi connectivity index (χ1) is 21.0. The van der Waals surface area contributed by atoms with Crippen LogP contribution in [0.15, 0.2) is 0 Å². The van der Waals surface area contributed by atoms with Gasteiger partial charge in [0.1, 0.15) is 31.5 Å². The SMILES string of the molecule is CO[C@H]1O[C@H](COC(C)=O)[C@@H](OC(C)=O)[C@H](O[C@@H]2O[C@H](COC(C)=O)[C@@H](OC(C)=O)[C@H](OC(C)=O)[C@H]2OC(C)=O)[C@H]1OC(C)=O. The zero-order valence-electron chi connectivity index (χ0n) is 26.0. The van der Waals surface area contributed by atoms with Gasteiger partial charge in [-0.1, -0.05) is 0 Å². The number of carbonyl (C=O) groups excluding carboxylic acids is 7. The minimum absolute atomic E-state index is 0.474. The normalized spacial score (nSPS) is 31.0. The number of hydrogen-bond donors (Lipinski definition) is 0. The summed E-state index contributed by atoms with van der Waals surface area (Å²) in [7, 11) is 1.21. The van der Waals surface area contributed by atoms with E-state index in [1.165, 1.54) is 7.11 Å². The molecule has 2 fully saturated rings. The lowest BCUT2D eigenvalue weighted by Gasteiger charge is -2.48. The largest absolute Gasteiger partial charge is 0.463 e. The predicted molar refractivity (Wildman–Crippen MR) is 140 cm³/mol. The molecule has 45 heavy (non-hydrogen) atoms. The molecule has 0 aliphatic carbocycles. The van der Waals surface area contributed by atoms with Crippen LogP contribution < -0.4 is 0 Å². The molecular weight excluding hydrogens is 612 g/mol. The van der Waals surface area contributed by atoms with Crippen LogP contribution in [-0.4, -0.2) is 124 Å². The molecule has 2 heterocycles. The Morgan fingerprint density at radius 1 is 0.444 bits per heavy atom. The van der Waals surface area contributed by atoms with Crippen molar-refractivity contribution in [3.8, 4) is 0 Å². The molecule has 0 N–H and O–H groups in total. The third-order valence-electron chi connectivity index (χ3n) is 6.12. The second kappa shape index (κ2) is 17.0. The Bertz CT molecular complexity index is 1110. The molecule has 0 spiro atoms.